The van der Waals surface area contributed by atoms with Crippen LogP contribution in [0.2, 0.25) is 0 Å². The third-order valence-corrected chi connectivity index (χ3v) is 7.13. The number of rotatable bonds is 10. The number of hydrogen-bond donors (Lipinski definition) is 1. The summed E-state index contributed by atoms with van der Waals surface area (Å²) in [7, 11) is -3.56. The predicted molar refractivity (Wildman–Crippen MR) is 125 cm³/mol. The fourth-order valence-electron chi connectivity index (χ4n) is 3.01. The van der Waals surface area contributed by atoms with Gasteiger partial charge >= 0.3 is 0 Å². The zero-order valence-electron chi connectivity index (χ0n) is 17.5. The summed E-state index contributed by atoms with van der Waals surface area (Å²) in [6, 6.07) is 13.1. The summed E-state index contributed by atoms with van der Waals surface area (Å²) in [6.45, 7) is 4.91. The molecule has 0 aliphatic carbocycles. The second kappa shape index (κ2) is 10.6. The van der Waals surface area contributed by atoms with E-state index in [1.807, 2.05) is 25.3 Å². The van der Waals surface area contributed by atoms with Gasteiger partial charge in [0.1, 0.15) is 5.82 Å². The van der Waals surface area contributed by atoms with Crippen LogP contribution < -0.4 is 5.43 Å². The maximum Gasteiger partial charge on any atom is 0.243 e. The Morgan fingerprint density at radius 2 is 1.87 bits per heavy atom. The zero-order chi connectivity index (χ0) is 22.3. The van der Waals surface area contributed by atoms with Crippen LogP contribution in [0.4, 0.5) is 9.52 Å². The molecule has 164 valence electrons. The lowest BCUT2D eigenvalue weighted by atomic mass is 10.2. The van der Waals surface area contributed by atoms with Crippen LogP contribution in [0, 0.1) is 5.82 Å². The zero-order valence-corrected chi connectivity index (χ0v) is 19.1. The maximum atomic E-state index is 13.6. The van der Waals surface area contributed by atoms with Crippen molar-refractivity contribution in [3.05, 3.63) is 65.3 Å². The first kappa shape index (κ1) is 23.1. The molecule has 0 atom stereocenters. The van der Waals surface area contributed by atoms with E-state index in [0.717, 1.165) is 12.8 Å². The van der Waals surface area contributed by atoms with Gasteiger partial charge in [-0.1, -0.05) is 44.2 Å². The standard InChI is InChI=1S/C22H25FN4O2S2/c1-3-12-27(13-4-2)31(28,29)19-10-7-9-17(14-19)21-16-30-22(25-21)26-24-15-18-8-5-6-11-20(18)23/h5-11,14-16H,3-4,12-13H2,1-2H3,(H,25,26)/b24-15+. The quantitative estimate of drug-likeness (QED) is 0.333. The molecule has 0 saturated heterocycles. The molecule has 31 heavy (non-hydrogen) atoms. The Morgan fingerprint density at radius 1 is 1.13 bits per heavy atom. The molecule has 9 heteroatoms. The molecule has 1 N–H and O–H groups in total. The summed E-state index contributed by atoms with van der Waals surface area (Å²) in [5.41, 5.74) is 4.51. The lowest BCUT2D eigenvalue weighted by Crippen LogP contribution is -2.32. The van der Waals surface area contributed by atoms with Crippen LogP contribution in [-0.4, -0.2) is 37.0 Å². The lowest BCUT2D eigenvalue weighted by molar-refractivity contribution is 0.410. The number of anilines is 1. The molecule has 0 aliphatic heterocycles. The molecule has 3 rings (SSSR count). The molecule has 0 spiro atoms. The Balaban J connectivity index is 1.77. The number of aromatic nitrogens is 1. The topological polar surface area (TPSA) is 74.7 Å². The van der Waals surface area contributed by atoms with Crippen LogP contribution in [0.3, 0.4) is 0 Å². The lowest BCUT2D eigenvalue weighted by Gasteiger charge is -2.21. The number of benzene rings is 2. The summed E-state index contributed by atoms with van der Waals surface area (Å²) in [6.07, 6.45) is 2.90. The molecule has 1 aromatic heterocycles. The second-order valence-corrected chi connectivity index (χ2v) is 9.66. The highest BCUT2D eigenvalue weighted by atomic mass is 32.2. The van der Waals surface area contributed by atoms with E-state index >= 15 is 0 Å². The Morgan fingerprint density at radius 3 is 2.58 bits per heavy atom. The van der Waals surface area contributed by atoms with Crippen molar-refractivity contribution < 1.29 is 12.8 Å². The van der Waals surface area contributed by atoms with E-state index in [0.29, 0.717) is 35.0 Å². The highest BCUT2D eigenvalue weighted by Gasteiger charge is 2.23. The van der Waals surface area contributed by atoms with E-state index in [1.165, 1.54) is 27.9 Å². The van der Waals surface area contributed by atoms with Crippen molar-refractivity contribution >= 4 is 32.7 Å². The number of halogens is 1. The molecule has 0 fully saturated rings. The first-order valence-electron chi connectivity index (χ1n) is 10.1. The van der Waals surface area contributed by atoms with E-state index in [4.69, 9.17) is 0 Å². The third kappa shape index (κ3) is 5.75. The van der Waals surface area contributed by atoms with Gasteiger partial charge < -0.3 is 0 Å². The largest absolute Gasteiger partial charge is 0.253 e. The van der Waals surface area contributed by atoms with Crippen molar-refractivity contribution in [2.45, 2.75) is 31.6 Å². The highest BCUT2D eigenvalue weighted by Crippen LogP contribution is 2.28. The maximum absolute atomic E-state index is 13.6. The predicted octanol–water partition coefficient (Wildman–Crippen LogP) is 5.21. The van der Waals surface area contributed by atoms with E-state index in [2.05, 4.69) is 15.5 Å². The molecule has 0 bridgehead atoms. The number of thiazole rings is 1. The van der Waals surface area contributed by atoms with Crippen molar-refractivity contribution in [2.24, 2.45) is 5.10 Å². The number of hydrogen-bond acceptors (Lipinski definition) is 6. The minimum absolute atomic E-state index is 0.256. The smallest absolute Gasteiger partial charge is 0.243 e. The van der Waals surface area contributed by atoms with Gasteiger partial charge in [0.25, 0.3) is 0 Å². The van der Waals surface area contributed by atoms with E-state index in [-0.39, 0.29) is 10.7 Å². The summed E-state index contributed by atoms with van der Waals surface area (Å²) in [5, 5.41) is 6.38. The van der Waals surface area contributed by atoms with Crippen LogP contribution in [0.15, 0.2) is 63.9 Å². The summed E-state index contributed by atoms with van der Waals surface area (Å²) in [5.74, 6) is -0.355. The van der Waals surface area contributed by atoms with Gasteiger partial charge in [-0.2, -0.15) is 9.41 Å². The van der Waals surface area contributed by atoms with Crippen LogP contribution in [0.1, 0.15) is 32.3 Å². The number of nitrogens with one attached hydrogen (secondary N) is 1. The van der Waals surface area contributed by atoms with Crippen molar-refractivity contribution in [1.29, 1.82) is 0 Å². The van der Waals surface area contributed by atoms with E-state index in [1.54, 1.807) is 36.4 Å². The van der Waals surface area contributed by atoms with Crippen molar-refractivity contribution in [3.8, 4) is 11.3 Å². The third-order valence-electron chi connectivity index (χ3n) is 4.49. The molecule has 0 aliphatic rings. The van der Waals surface area contributed by atoms with Crippen LogP contribution >= 0.6 is 11.3 Å². The van der Waals surface area contributed by atoms with Crippen LogP contribution in [0.25, 0.3) is 11.3 Å². The SMILES string of the molecule is CCCN(CCC)S(=O)(=O)c1cccc(-c2csc(N/N=C/c3ccccc3F)n2)c1. The highest BCUT2D eigenvalue weighted by molar-refractivity contribution is 7.89. The minimum atomic E-state index is -3.56. The summed E-state index contributed by atoms with van der Waals surface area (Å²) in [4.78, 5) is 4.72. The van der Waals surface area contributed by atoms with Crippen LogP contribution in [0.5, 0.6) is 0 Å². The van der Waals surface area contributed by atoms with Gasteiger partial charge in [0, 0.05) is 29.6 Å². The summed E-state index contributed by atoms with van der Waals surface area (Å²) < 4.78 is 41.3. The first-order chi connectivity index (χ1) is 15.0. The molecule has 2 aromatic carbocycles. The van der Waals surface area contributed by atoms with Crippen molar-refractivity contribution in [2.75, 3.05) is 18.5 Å². The monoisotopic (exact) mass is 460 g/mol. The average molecular weight is 461 g/mol. The fourth-order valence-corrected chi connectivity index (χ4v) is 5.35. The normalized spacial score (nSPS) is 12.0. The van der Waals surface area contributed by atoms with Crippen LogP contribution in [-0.2, 0) is 10.0 Å². The van der Waals surface area contributed by atoms with Gasteiger partial charge in [-0.3, -0.25) is 5.43 Å². The van der Waals surface area contributed by atoms with E-state index in [9.17, 15) is 12.8 Å². The Labute approximate surface area is 186 Å². The number of sulfonamides is 1. The van der Waals surface area contributed by atoms with Gasteiger partial charge in [-0.15, -0.1) is 11.3 Å². The van der Waals surface area contributed by atoms with Gasteiger partial charge in [0.2, 0.25) is 15.2 Å². The molecule has 0 radical (unpaired) electrons. The van der Waals surface area contributed by atoms with E-state index < -0.39 is 10.0 Å². The fraction of sp³-hybridized carbons (Fsp3) is 0.273. The molecular weight excluding hydrogens is 435 g/mol. The molecule has 0 amide bonds. The Bertz CT molecular complexity index is 1140. The van der Waals surface area contributed by atoms with Crippen molar-refractivity contribution in [1.82, 2.24) is 9.29 Å². The summed E-state index contributed by atoms with van der Waals surface area (Å²) >= 11 is 1.33. The van der Waals surface area contributed by atoms with Crippen molar-refractivity contribution in [3.63, 3.8) is 0 Å². The Kier molecular flexibility index (Phi) is 7.89. The number of hydrazone groups is 1. The molecule has 0 saturated carbocycles. The molecule has 6 nitrogen and oxygen atoms in total. The van der Waals surface area contributed by atoms with Gasteiger partial charge in [-0.05, 0) is 31.0 Å². The molecule has 0 unspecified atom stereocenters. The number of nitrogens with zero attached hydrogens (tertiary/aromatic N) is 3. The first-order valence-corrected chi connectivity index (χ1v) is 12.4. The molecule has 3 aromatic rings. The molecular formula is C22H25FN4O2S2. The molecule has 1 heterocycles. The average Bonchev–Trinajstić information content (AvgIpc) is 3.24. The van der Waals surface area contributed by atoms with Gasteiger partial charge in [0.15, 0.2) is 0 Å². The van der Waals surface area contributed by atoms with Gasteiger partial charge in [0.05, 0.1) is 16.8 Å². The second-order valence-electron chi connectivity index (χ2n) is 6.86. The van der Waals surface area contributed by atoms with Gasteiger partial charge in [-0.25, -0.2) is 17.8 Å². The minimum Gasteiger partial charge on any atom is -0.253 e. The Hall–Kier alpha value is -2.62.